The molecule has 0 aliphatic rings. The summed E-state index contributed by atoms with van der Waals surface area (Å²) in [4.78, 5) is 67.5. The molecule has 0 fully saturated rings. The second kappa shape index (κ2) is 30.3. The van der Waals surface area contributed by atoms with Crippen molar-refractivity contribution in [3.05, 3.63) is 129 Å². The number of nitriles is 2. The minimum Gasteiger partial charge on any atom is -0.372 e. The molecule has 28 nitrogen and oxygen atoms in total. The number of carbonyl (C=O) groups is 4. The number of ketones is 2. The Kier molecular flexibility index (Phi) is 23.0. The number of amides is 2. The maximum atomic E-state index is 13.4. The molecule has 0 aliphatic carbocycles. The fraction of sp³-hybridized carbons (Fsp3) is 0.211. The number of Topliss-reactive ketones (excluding diaryl/α,β-unsaturated/α-hetero) is 2. The number of rotatable bonds is 28. The average Bonchev–Trinajstić information content (AvgIpc) is 1.68. The van der Waals surface area contributed by atoms with E-state index < -0.39 is 101 Å². The predicted octanol–water partition coefficient (Wildman–Crippen LogP) is 11.4. The molecular formula is C57H55N15O13S6. The fourth-order valence-corrected chi connectivity index (χ4v) is 14.4. The first kappa shape index (κ1) is 69.0. The molecule has 0 bridgehead atoms. The van der Waals surface area contributed by atoms with E-state index in [1.54, 1.807) is 97.1 Å². The molecule has 7 aromatic rings. The highest BCUT2D eigenvalue weighted by atomic mass is 32.2. The molecule has 3 aromatic heterocycles. The third-order valence-electron chi connectivity index (χ3n) is 12.7. The largest absolute Gasteiger partial charge is 0.372 e. The Morgan fingerprint density at radius 2 is 0.967 bits per heavy atom. The quantitative estimate of drug-likeness (QED) is 0.00598. The summed E-state index contributed by atoms with van der Waals surface area (Å²) in [5.41, 5.74) is -0.190. The number of para-hydroxylation sites is 2. The van der Waals surface area contributed by atoms with Crippen LogP contribution in [0.15, 0.2) is 144 Å². The van der Waals surface area contributed by atoms with Crippen LogP contribution in [0.1, 0.15) is 62.4 Å². The summed E-state index contributed by atoms with van der Waals surface area (Å²) in [5, 5.41) is 48.4. The molecule has 2 amide bonds. The van der Waals surface area contributed by atoms with E-state index in [1.165, 1.54) is 12.1 Å². The number of benzene rings is 4. The van der Waals surface area contributed by atoms with Gasteiger partial charge in [-0.15, -0.1) is 43.1 Å². The van der Waals surface area contributed by atoms with E-state index in [0.717, 1.165) is 37.8 Å². The highest BCUT2D eigenvalue weighted by Crippen LogP contribution is 2.44. The van der Waals surface area contributed by atoms with E-state index in [1.807, 2.05) is 37.5 Å². The smallest absolute Gasteiger partial charge is 0.297 e. The highest BCUT2D eigenvalue weighted by Gasteiger charge is 2.31. The molecule has 91 heavy (non-hydrogen) atoms. The summed E-state index contributed by atoms with van der Waals surface area (Å²) >= 11 is 1.86. The van der Waals surface area contributed by atoms with Crippen LogP contribution in [0, 0.1) is 22.7 Å². The van der Waals surface area contributed by atoms with Crippen molar-refractivity contribution in [1.82, 2.24) is 15.0 Å². The van der Waals surface area contributed by atoms with Gasteiger partial charge in [0.05, 0.1) is 38.0 Å². The Morgan fingerprint density at radius 3 is 1.30 bits per heavy atom. The Bertz CT molecular complexity index is 4250. The van der Waals surface area contributed by atoms with Gasteiger partial charge in [-0.2, -0.15) is 50.7 Å². The second-order valence-electron chi connectivity index (χ2n) is 18.8. The molecule has 0 saturated heterocycles. The topological polar surface area (TPSA) is 422 Å². The molecule has 7 rings (SSSR count). The van der Waals surface area contributed by atoms with Crippen LogP contribution in [0.5, 0.6) is 0 Å². The molecule has 0 saturated carbocycles. The van der Waals surface area contributed by atoms with Crippen molar-refractivity contribution in [2.45, 2.75) is 56.5 Å². The lowest BCUT2D eigenvalue weighted by atomic mass is 10.1. The zero-order chi connectivity index (χ0) is 66.4. The van der Waals surface area contributed by atoms with E-state index in [0.29, 0.717) is 71.6 Å². The molecular weight excluding hydrogens is 1300 g/mol. The number of thioether (sulfide) groups is 1. The lowest BCUT2D eigenvalue weighted by Crippen LogP contribution is -2.21. The molecule has 7 N–H and O–H groups in total. The number of aromatic nitrogens is 3. The van der Waals surface area contributed by atoms with Crippen LogP contribution in [-0.2, 0) is 49.5 Å². The summed E-state index contributed by atoms with van der Waals surface area (Å²) in [5.74, 6) is -4.83. The van der Waals surface area contributed by atoms with Crippen molar-refractivity contribution in [1.29, 1.82) is 10.5 Å². The number of thiophene rings is 2. The molecule has 0 aliphatic heterocycles. The molecule has 3 heterocycles. The van der Waals surface area contributed by atoms with Gasteiger partial charge in [-0.25, -0.2) is 0 Å². The molecule has 0 radical (unpaired) electrons. The third kappa shape index (κ3) is 18.1. The van der Waals surface area contributed by atoms with Crippen LogP contribution in [0.25, 0.3) is 12.2 Å². The fourth-order valence-electron chi connectivity index (χ4n) is 8.44. The second-order valence-corrected chi connectivity index (χ2v) is 26.2. The van der Waals surface area contributed by atoms with Crippen molar-refractivity contribution in [3.8, 4) is 12.1 Å². The van der Waals surface area contributed by atoms with Gasteiger partial charge in [0.1, 0.15) is 44.4 Å². The predicted molar refractivity (Wildman–Crippen MR) is 347 cm³/mol. The van der Waals surface area contributed by atoms with Crippen LogP contribution in [-0.4, -0.2) is 115 Å². The van der Waals surface area contributed by atoms with Crippen molar-refractivity contribution >= 4 is 168 Å². The minimum absolute atomic E-state index is 0.0181. The minimum atomic E-state index is -5.24. The van der Waals surface area contributed by atoms with Gasteiger partial charge in [0.2, 0.25) is 11.9 Å². The van der Waals surface area contributed by atoms with Crippen LogP contribution in [0.3, 0.4) is 0 Å². The van der Waals surface area contributed by atoms with Crippen molar-refractivity contribution in [2.24, 2.45) is 20.5 Å². The van der Waals surface area contributed by atoms with E-state index in [-0.39, 0.29) is 55.6 Å². The number of anilines is 8. The molecule has 0 spiro atoms. The Hall–Kier alpha value is -9.49. The standard InChI is InChI=1S/C57H55N15O13S6/c1-7-71(8-2)37-21-23-43(67-69-53-41(31-58)49(90(80,81)82)47(87-53)29-39(33(5)73)51(75)60-35-17-13-11-14-18-35)45(27-37)62-55-64-56(66-57(65-55)86-25-26-89(77,78)79)63-46-28-38(72(9-3)10-4)22-24-44(46)68-70-54-42(32-59)50(91(83,84)85)48(88-54)30-40(34(6)74)52(76)61-36-19-15-12-16-20-36/h11-24,27-30H,7-10,25-26H2,1-6H3,(H,60,75)(H,61,76)(H,77,78,79)(H,80,81,82)(H,83,84,85)(H2,62,63,64,65,66)/b39-29-,40-30+,69-67+,70-68+. The number of nitrogens with one attached hydrogen (secondary N) is 4. The monoisotopic (exact) mass is 1350 g/mol. The molecule has 4 aromatic carbocycles. The molecule has 34 heteroatoms. The normalized spacial score (nSPS) is 12.1. The summed E-state index contributed by atoms with van der Waals surface area (Å²) < 4.78 is 106. The number of carbonyl (C=O) groups excluding carboxylic acids is 4. The van der Waals surface area contributed by atoms with E-state index in [4.69, 9.17) is 0 Å². The van der Waals surface area contributed by atoms with Crippen LogP contribution in [0.2, 0.25) is 0 Å². The van der Waals surface area contributed by atoms with Gasteiger partial charge >= 0.3 is 0 Å². The van der Waals surface area contributed by atoms with Crippen molar-refractivity contribution in [2.75, 3.05) is 68.8 Å². The van der Waals surface area contributed by atoms with E-state index >= 15 is 0 Å². The number of azo groups is 2. The van der Waals surface area contributed by atoms with Gasteiger partial charge in [-0.3, -0.25) is 32.8 Å². The lowest BCUT2D eigenvalue weighted by molar-refractivity contribution is -0.120. The van der Waals surface area contributed by atoms with Crippen LogP contribution >= 0.6 is 34.4 Å². The van der Waals surface area contributed by atoms with Crippen LogP contribution < -0.4 is 31.1 Å². The first-order valence-corrected chi connectivity index (χ1v) is 34.1. The zero-order valence-electron chi connectivity index (χ0n) is 48.9. The number of hydrogen-bond acceptors (Lipinski definition) is 26. The van der Waals surface area contributed by atoms with E-state index in [2.05, 4.69) is 56.7 Å². The number of nitrogens with zero attached hydrogens (tertiary/aromatic N) is 11. The Balaban J connectivity index is 1.34. The summed E-state index contributed by atoms with van der Waals surface area (Å²) in [6.07, 6.45) is 1.83. The average molecular weight is 1350 g/mol. The zero-order valence-corrected chi connectivity index (χ0v) is 53.8. The van der Waals surface area contributed by atoms with Gasteiger partial charge < -0.3 is 31.1 Å². The summed E-state index contributed by atoms with van der Waals surface area (Å²) in [7, 11) is -15.0. The third-order valence-corrected chi connectivity index (χ3v) is 18.7. The van der Waals surface area contributed by atoms with Crippen molar-refractivity contribution < 1.29 is 58.1 Å². The Morgan fingerprint density at radius 1 is 0.582 bits per heavy atom. The maximum absolute atomic E-state index is 13.4. The first-order chi connectivity index (χ1) is 43.2. The summed E-state index contributed by atoms with van der Waals surface area (Å²) in [6.45, 7) is 11.9. The maximum Gasteiger partial charge on any atom is 0.297 e. The highest BCUT2D eigenvalue weighted by molar-refractivity contribution is 8.00. The van der Waals surface area contributed by atoms with E-state index in [9.17, 15) is 68.6 Å². The number of hydrogen-bond donors (Lipinski definition) is 7. The molecule has 472 valence electrons. The molecule has 0 atom stereocenters. The Labute approximate surface area is 534 Å². The van der Waals surface area contributed by atoms with Gasteiger partial charge in [-0.1, -0.05) is 48.2 Å². The first-order valence-electron chi connectivity index (χ1n) is 26.9. The van der Waals surface area contributed by atoms with Crippen molar-refractivity contribution in [3.63, 3.8) is 0 Å². The van der Waals surface area contributed by atoms with Gasteiger partial charge in [0, 0.05) is 54.7 Å². The van der Waals surface area contributed by atoms with Gasteiger partial charge in [-0.05, 0) is 114 Å². The SMILES string of the molecule is CCN(CC)c1ccc(/N=N/c2sc(/C=C(/C(C)=O)C(=O)Nc3ccccc3)c(S(=O)(=O)O)c2C#N)c(Nc2nc(Nc3cc(N(CC)CC)ccc3/N=N/c3sc(/C=C(\C(C)=O)C(=O)Nc4ccccc4)c(S(=O)(=O)O)c3C#N)nc(SCCS(=O)(=O)O)n2)c1. The van der Waals surface area contributed by atoms with Gasteiger partial charge in [0.25, 0.3) is 42.2 Å². The van der Waals surface area contributed by atoms with Gasteiger partial charge in [0.15, 0.2) is 26.7 Å². The van der Waals surface area contributed by atoms with Crippen LogP contribution in [0.4, 0.5) is 67.4 Å². The molecule has 0 unspecified atom stereocenters. The summed E-state index contributed by atoms with van der Waals surface area (Å²) in [6, 6.07) is 29.3. The lowest BCUT2D eigenvalue weighted by Gasteiger charge is -2.22.